The summed E-state index contributed by atoms with van der Waals surface area (Å²) in [5, 5.41) is 9.76. The highest BCUT2D eigenvalue weighted by Gasteiger charge is 2.15. The Morgan fingerprint density at radius 1 is 0.958 bits per heavy atom. The number of ether oxygens (including phenoxy) is 1. The van der Waals surface area contributed by atoms with Gasteiger partial charge in [0.1, 0.15) is 5.75 Å². The predicted octanol–water partition coefficient (Wildman–Crippen LogP) is 4.84. The lowest BCUT2D eigenvalue weighted by Gasteiger charge is -2.11. The average Bonchev–Trinajstić information content (AvgIpc) is 3.05. The monoisotopic (exact) mass is 339 g/mol. The van der Waals surface area contributed by atoms with Crippen molar-refractivity contribution in [2.24, 2.45) is 0 Å². The molecule has 124 valence electrons. The lowest BCUT2D eigenvalue weighted by molar-refractivity contribution is 0.340. The molecule has 0 atom stereocenters. The van der Waals surface area contributed by atoms with E-state index in [1.54, 1.807) is 11.8 Å². The largest absolute Gasteiger partial charge is 0.494 e. The highest BCUT2D eigenvalue weighted by Crippen LogP contribution is 2.29. The number of benzene rings is 2. The standard InChI is InChI=1S/C19H21N3OS/c1-3-14-24-19-21-20-18(15-8-6-5-7-9-15)22(19)16-10-12-17(13-11-16)23-4-2/h5-13H,3-4,14H2,1-2H3. The maximum absolute atomic E-state index is 5.54. The van der Waals surface area contributed by atoms with Crippen molar-refractivity contribution in [1.82, 2.24) is 14.8 Å². The summed E-state index contributed by atoms with van der Waals surface area (Å²) in [7, 11) is 0. The molecule has 3 aromatic rings. The van der Waals surface area contributed by atoms with Gasteiger partial charge >= 0.3 is 0 Å². The Labute approximate surface area is 146 Å². The van der Waals surface area contributed by atoms with Gasteiger partial charge in [-0.05, 0) is 37.6 Å². The van der Waals surface area contributed by atoms with Crippen LogP contribution >= 0.6 is 11.8 Å². The molecule has 0 bridgehead atoms. The van der Waals surface area contributed by atoms with Crippen molar-refractivity contribution < 1.29 is 4.74 Å². The van der Waals surface area contributed by atoms with Crippen LogP contribution in [0.4, 0.5) is 0 Å². The molecule has 0 saturated heterocycles. The van der Waals surface area contributed by atoms with Gasteiger partial charge in [-0.1, -0.05) is 49.0 Å². The van der Waals surface area contributed by atoms with Crippen LogP contribution in [0.2, 0.25) is 0 Å². The van der Waals surface area contributed by atoms with Gasteiger partial charge in [0.2, 0.25) is 0 Å². The molecule has 0 aliphatic heterocycles. The third-order valence-corrected chi connectivity index (χ3v) is 4.64. The molecule has 3 rings (SSSR count). The van der Waals surface area contributed by atoms with Crippen LogP contribution in [0.1, 0.15) is 20.3 Å². The van der Waals surface area contributed by atoms with Crippen molar-refractivity contribution >= 4 is 11.8 Å². The van der Waals surface area contributed by atoms with Gasteiger partial charge in [0.25, 0.3) is 0 Å². The van der Waals surface area contributed by atoms with Crippen LogP contribution in [0.15, 0.2) is 59.8 Å². The Morgan fingerprint density at radius 2 is 1.71 bits per heavy atom. The summed E-state index contributed by atoms with van der Waals surface area (Å²) in [6.07, 6.45) is 1.10. The smallest absolute Gasteiger partial charge is 0.196 e. The SMILES string of the molecule is CCCSc1nnc(-c2ccccc2)n1-c1ccc(OCC)cc1. The molecule has 0 amide bonds. The van der Waals surface area contributed by atoms with E-state index in [0.717, 1.165) is 40.2 Å². The first-order chi connectivity index (χ1) is 11.8. The number of aromatic nitrogens is 3. The van der Waals surface area contributed by atoms with E-state index in [9.17, 15) is 0 Å². The highest BCUT2D eigenvalue weighted by atomic mass is 32.2. The lowest BCUT2D eigenvalue weighted by Crippen LogP contribution is -2.00. The maximum atomic E-state index is 5.54. The van der Waals surface area contributed by atoms with Crippen LogP contribution in [-0.4, -0.2) is 27.1 Å². The van der Waals surface area contributed by atoms with Crippen molar-refractivity contribution in [2.45, 2.75) is 25.4 Å². The van der Waals surface area contributed by atoms with Gasteiger partial charge in [-0.2, -0.15) is 0 Å². The second-order valence-electron chi connectivity index (χ2n) is 5.28. The predicted molar refractivity (Wildman–Crippen MR) is 99.0 cm³/mol. The van der Waals surface area contributed by atoms with Gasteiger partial charge in [-0.3, -0.25) is 4.57 Å². The van der Waals surface area contributed by atoms with Crippen LogP contribution in [0.5, 0.6) is 5.75 Å². The van der Waals surface area contributed by atoms with Gasteiger partial charge < -0.3 is 4.74 Å². The quantitative estimate of drug-likeness (QED) is 0.578. The Balaban J connectivity index is 2.04. The molecule has 0 aliphatic carbocycles. The van der Waals surface area contributed by atoms with Gasteiger partial charge in [-0.15, -0.1) is 10.2 Å². The molecule has 0 spiro atoms. The second-order valence-corrected chi connectivity index (χ2v) is 6.35. The Morgan fingerprint density at radius 3 is 2.38 bits per heavy atom. The van der Waals surface area contributed by atoms with E-state index in [1.807, 2.05) is 37.3 Å². The summed E-state index contributed by atoms with van der Waals surface area (Å²) < 4.78 is 7.66. The molecule has 1 aromatic heterocycles. The van der Waals surface area contributed by atoms with Gasteiger partial charge in [0, 0.05) is 17.0 Å². The third-order valence-electron chi connectivity index (χ3n) is 3.51. The van der Waals surface area contributed by atoms with Gasteiger partial charge in [0.15, 0.2) is 11.0 Å². The molecule has 0 fully saturated rings. The normalized spacial score (nSPS) is 10.8. The summed E-state index contributed by atoms with van der Waals surface area (Å²) in [5.74, 6) is 2.75. The fourth-order valence-electron chi connectivity index (χ4n) is 2.42. The van der Waals surface area contributed by atoms with Crippen LogP contribution in [0, 0.1) is 0 Å². The first-order valence-corrected chi connectivity index (χ1v) is 9.19. The number of nitrogens with zero attached hydrogens (tertiary/aromatic N) is 3. The maximum Gasteiger partial charge on any atom is 0.196 e. The minimum Gasteiger partial charge on any atom is -0.494 e. The van der Waals surface area contributed by atoms with Crippen molar-refractivity contribution in [1.29, 1.82) is 0 Å². The molecule has 5 heteroatoms. The molecule has 0 saturated carbocycles. The Bertz CT molecular complexity index is 769. The summed E-state index contributed by atoms with van der Waals surface area (Å²) in [5.41, 5.74) is 2.10. The van der Waals surface area contributed by atoms with Crippen LogP contribution in [-0.2, 0) is 0 Å². The summed E-state index contributed by atoms with van der Waals surface area (Å²) in [6, 6.07) is 18.2. The number of hydrogen-bond acceptors (Lipinski definition) is 4. The minimum atomic E-state index is 0.666. The van der Waals surface area contributed by atoms with Crippen LogP contribution in [0.3, 0.4) is 0 Å². The Kier molecular flexibility index (Phi) is 5.54. The lowest BCUT2D eigenvalue weighted by atomic mass is 10.2. The van der Waals surface area contributed by atoms with E-state index in [0.29, 0.717) is 6.61 Å². The fourth-order valence-corrected chi connectivity index (χ4v) is 3.23. The van der Waals surface area contributed by atoms with E-state index in [1.165, 1.54) is 0 Å². The van der Waals surface area contributed by atoms with E-state index < -0.39 is 0 Å². The van der Waals surface area contributed by atoms with E-state index in [4.69, 9.17) is 4.74 Å². The van der Waals surface area contributed by atoms with Crippen LogP contribution in [0.25, 0.3) is 17.1 Å². The van der Waals surface area contributed by atoms with E-state index >= 15 is 0 Å². The van der Waals surface area contributed by atoms with Crippen molar-refractivity contribution in [2.75, 3.05) is 12.4 Å². The molecule has 4 nitrogen and oxygen atoms in total. The Hall–Kier alpha value is -2.27. The highest BCUT2D eigenvalue weighted by molar-refractivity contribution is 7.99. The first-order valence-electron chi connectivity index (χ1n) is 8.20. The van der Waals surface area contributed by atoms with E-state index in [-0.39, 0.29) is 0 Å². The molecule has 0 unspecified atom stereocenters. The fraction of sp³-hybridized carbons (Fsp3) is 0.263. The van der Waals surface area contributed by atoms with E-state index in [2.05, 4.69) is 46.0 Å². The zero-order valence-corrected chi connectivity index (χ0v) is 14.8. The molecular weight excluding hydrogens is 318 g/mol. The molecular formula is C19H21N3OS. The zero-order chi connectivity index (χ0) is 16.8. The van der Waals surface area contributed by atoms with Crippen molar-refractivity contribution in [3.8, 4) is 22.8 Å². The molecule has 0 N–H and O–H groups in total. The molecule has 0 aliphatic rings. The van der Waals surface area contributed by atoms with Crippen molar-refractivity contribution in [3.63, 3.8) is 0 Å². The van der Waals surface area contributed by atoms with Gasteiger partial charge in [-0.25, -0.2) is 0 Å². The second kappa shape index (κ2) is 8.02. The first kappa shape index (κ1) is 16.6. The number of thioether (sulfide) groups is 1. The summed E-state index contributed by atoms with van der Waals surface area (Å²) >= 11 is 1.73. The third kappa shape index (κ3) is 3.62. The molecule has 1 heterocycles. The van der Waals surface area contributed by atoms with Crippen LogP contribution < -0.4 is 4.74 Å². The molecule has 24 heavy (non-hydrogen) atoms. The molecule has 2 aromatic carbocycles. The minimum absolute atomic E-state index is 0.666. The average molecular weight is 339 g/mol. The van der Waals surface area contributed by atoms with Gasteiger partial charge in [0.05, 0.1) is 6.61 Å². The summed E-state index contributed by atoms with van der Waals surface area (Å²) in [6.45, 7) is 4.82. The number of rotatable bonds is 7. The summed E-state index contributed by atoms with van der Waals surface area (Å²) in [4.78, 5) is 0. The topological polar surface area (TPSA) is 39.9 Å². The molecule has 0 radical (unpaired) electrons. The van der Waals surface area contributed by atoms with Crippen molar-refractivity contribution in [3.05, 3.63) is 54.6 Å². The number of hydrogen-bond donors (Lipinski definition) is 0. The zero-order valence-electron chi connectivity index (χ0n) is 14.0.